The molecule has 0 saturated carbocycles. The van der Waals surface area contributed by atoms with Crippen LogP contribution in [0.15, 0.2) is 29.3 Å². The number of nitrogens with two attached hydrogens (primary N) is 1. The van der Waals surface area contributed by atoms with Gasteiger partial charge in [-0.25, -0.2) is 0 Å². The average molecular weight is 218 g/mol. The number of hydrogen-bond acceptors (Lipinski definition) is 4. The first-order chi connectivity index (χ1) is 7.75. The Morgan fingerprint density at radius 2 is 2.06 bits per heavy atom. The Labute approximate surface area is 93.7 Å². The zero-order valence-electron chi connectivity index (χ0n) is 8.86. The SMILES string of the molecule is Nc1ccc(C(=O)NNC2=NCCC2)cc1. The Balaban J connectivity index is 1.90. The normalized spacial score (nSPS) is 14.4. The van der Waals surface area contributed by atoms with Gasteiger partial charge < -0.3 is 5.73 Å². The highest BCUT2D eigenvalue weighted by atomic mass is 16.2. The second-order valence-electron chi connectivity index (χ2n) is 3.63. The molecule has 1 aromatic carbocycles. The van der Waals surface area contributed by atoms with Crippen molar-refractivity contribution in [3.63, 3.8) is 0 Å². The van der Waals surface area contributed by atoms with E-state index in [1.54, 1.807) is 24.3 Å². The molecule has 5 heteroatoms. The maximum atomic E-state index is 11.6. The summed E-state index contributed by atoms with van der Waals surface area (Å²) in [6.45, 7) is 0.833. The van der Waals surface area contributed by atoms with Gasteiger partial charge >= 0.3 is 0 Å². The molecule has 1 amide bonds. The first-order valence-electron chi connectivity index (χ1n) is 5.21. The maximum absolute atomic E-state index is 11.6. The topological polar surface area (TPSA) is 79.5 Å². The fourth-order valence-corrected chi connectivity index (χ4v) is 1.48. The minimum absolute atomic E-state index is 0.186. The van der Waals surface area contributed by atoms with E-state index in [4.69, 9.17) is 5.73 Å². The number of amides is 1. The molecule has 16 heavy (non-hydrogen) atoms. The van der Waals surface area contributed by atoms with Crippen LogP contribution in [0, 0.1) is 0 Å². The Morgan fingerprint density at radius 3 is 2.69 bits per heavy atom. The summed E-state index contributed by atoms with van der Waals surface area (Å²) >= 11 is 0. The van der Waals surface area contributed by atoms with Gasteiger partial charge in [0, 0.05) is 24.2 Å². The number of carbonyl (C=O) groups excluding carboxylic acids is 1. The third kappa shape index (κ3) is 2.50. The molecule has 1 aliphatic rings. The lowest BCUT2D eigenvalue weighted by atomic mass is 10.2. The zero-order chi connectivity index (χ0) is 11.4. The smallest absolute Gasteiger partial charge is 0.269 e. The third-order valence-electron chi connectivity index (χ3n) is 2.37. The molecule has 4 N–H and O–H groups in total. The van der Waals surface area contributed by atoms with Crippen molar-refractivity contribution >= 4 is 17.4 Å². The highest BCUT2D eigenvalue weighted by Gasteiger charge is 2.08. The van der Waals surface area contributed by atoms with Crippen molar-refractivity contribution in [2.24, 2.45) is 4.99 Å². The average Bonchev–Trinajstić information content (AvgIpc) is 2.80. The van der Waals surface area contributed by atoms with Crippen LogP contribution in [0.25, 0.3) is 0 Å². The van der Waals surface area contributed by atoms with Crippen LogP contribution in [0.4, 0.5) is 5.69 Å². The molecule has 1 aromatic rings. The minimum Gasteiger partial charge on any atom is -0.399 e. The Morgan fingerprint density at radius 1 is 1.31 bits per heavy atom. The van der Waals surface area contributed by atoms with Gasteiger partial charge in [0.15, 0.2) is 0 Å². The van der Waals surface area contributed by atoms with Gasteiger partial charge in [-0.3, -0.25) is 20.6 Å². The maximum Gasteiger partial charge on any atom is 0.269 e. The summed E-state index contributed by atoms with van der Waals surface area (Å²) in [7, 11) is 0. The van der Waals surface area contributed by atoms with Crippen molar-refractivity contribution < 1.29 is 4.79 Å². The number of hydrogen-bond donors (Lipinski definition) is 3. The molecule has 0 spiro atoms. The van der Waals surface area contributed by atoms with Crippen molar-refractivity contribution in [3.8, 4) is 0 Å². The van der Waals surface area contributed by atoms with E-state index in [-0.39, 0.29) is 5.91 Å². The number of nitrogens with one attached hydrogen (secondary N) is 2. The summed E-state index contributed by atoms with van der Waals surface area (Å²) in [6.07, 6.45) is 1.93. The van der Waals surface area contributed by atoms with E-state index in [0.717, 1.165) is 25.2 Å². The van der Waals surface area contributed by atoms with E-state index in [2.05, 4.69) is 15.8 Å². The van der Waals surface area contributed by atoms with Crippen molar-refractivity contribution in [2.45, 2.75) is 12.8 Å². The zero-order valence-corrected chi connectivity index (χ0v) is 8.86. The fraction of sp³-hybridized carbons (Fsp3) is 0.273. The van der Waals surface area contributed by atoms with Gasteiger partial charge in [0.05, 0.1) is 0 Å². The van der Waals surface area contributed by atoms with Gasteiger partial charge in [0.2, 0.25) is 0 Å². The van der Waals surface area contributed by atoms with Gasteiger partial charge in [-0.05, 0) is 30.7 Å². The van der Waals surface area contributed by atoms with Crippen LogP contribution in [0.1, 0.15) is 23.2 Å². The number of aliphatic imine (C=N–C) groups is 1. The van der Waals surface area contributed by atoms with Gasteiger partial charge in [0.25, 0.3) is 5.91 Å². The van der Waals surface area contributed by atoms with Gasteiger partial charge in [0.1, 0.15) is 5.84 Å². The van der Waals surface area contributed by atoms with Crippen LogP contribution in [0.3, 0.4) is 0 Å². The van der Waals surface area contributed by atoms with Crippen molar-refractivity contribution in [1.29, 1.82) is 0 Å². The number of nitrogen functional groups attached to an aromatic ring is 1. The van der Waals surface area contributed by atoms with Crippen LogP contribution in [-0.4, -0.2) is 18.3 Å². The van der Waals surface area contributed by atoms with E-state index in [1.807, 2.05) is 0 Å². The standard InChI is InChI=1S/C11H14N4O/c12-9-5-3-8(4-6-9)11(16)15-14-10-2-1-7-13-10/h3-6H,1-2,7,12H2,(H,13,14)(H,15,16). The van der Waals surface area contributed by atoms with Gasteiger partial charge in [-0.15, -0.1) is 0 Å². The van der Waals surface area contributed by atoms with E-state index in [0.29, 0.717) is 11.3 Å². The van der Waals surface area contributed by atoms with Crippen LogP contribution < -0.4 is 16.6 Å². The van der Waals surface area contributed by atoms with E-state index in [9.17, 15) is 4.79 Å². The quantitative estimate of drug-likeness (QED) is 0.479. The lowest BCUT2D eigenvalue weighted by Gasteiger charge is -2.07. The molecule has 0 fully saturated rings. The Hall–Kier alpha value is -2.04. The van der Waals surface area contributed by atoms with Crippen molar-refractivity contribution in [1.82, 2.24) is 10.9 Å². The third-order valence-corrected chi connectivity index (χ3v) is 2.37. The molecule has 0 saturated heterocycles. The molecule has 1 aliphatic heterocycles. The highest BCUT2D eigenvalue weighted by molar-refractivity contribution is 5.96. The molecular weight excluding hydrogens is 204 g/mol. The second kappa shape index (κ2) is 4.65. The number of anilines is 1. The molecule has 2 rings (SSSR count). The molecule has 84 valence electrons. The molecule has 1 heterocycles. The monoisotopic (exact) mass is 218 g/mol. The number of amidine groups is 1. The molecule has 0 bridgehead atoms. The van der Waals surface area contributed by atoms with Crippen molar-refractivity contribution in [2.75, 3.05) is 12.3 Å². The predicted molar refractivity (Wildman–Crippen MR) is 63.0 cm³/mol. The number of hydrazine groups is 1. The molecule has 5 nitrogen and oxygen atoms in total. The molecule has 0 atom stereocenters. The summed E-state index contributed by atoms with van der Waals surface area (Å²) in [6, 6.07) is 6.76. The van der Waals surface area contributed by atoms with E-state index < -0.39 is 0 Å². The number of benzene rings is 1. The number of rotatable bonds is 1. The summed E-state index contributed by atoms with van der Waals surface area (Å²) in [5.74, 6) is 0.651. The minimum atomic E-state index is -0.186. The largest absolute Gasteiger partial charge is 0.399 e. The van der Waals surface area contributed by atoms with E-state index in [1.165, 1.54) is 0 Å². The highest BCUT2D eigenvalue weighted by Crippen LogP contribution is 2.05. The van der Waals surface area contributed by atoms with Gasteiger partial charge in [-0.2, -0.15) is 0 Å². The molecular formula is C11H14N4O. The molecule has 0 aliphatic carbocycles. The fourth-order valence-electron chi connectivity index (χ4n) is 1.48. The lowest BCUT2D eigenvalue weighted by Crippen LogP contribution is -2.40. The lowest BCUT2D eigenvalue weighted by molar-refractivity contribution is 0.0943. The number of nitrogens with zero attached hydrogens (tertiary/aromatic N) is 1. The second-order valence-corrected chi connectivity index (χ2v) is 3.63. The molecule has 0 unspecified atom stereocenters. The first-order valence-corrected chi connectivity index (χ1v) is 5.21. The van der Waals surface area contributed by atoms with Crippen LogP contribution >= 0.6 is 0 Å². The first kappa shape index (κ1) is 10.5. The molecule has 0 radical (unpaired) electrons. The summed E-state index contributed by atoms with van der Waals surface area (Å²) < 4.78 is 0. The van der Waals surface area contributed by atoms with Crippen molar-refractivity contribution in [3.05, 3.63) is 29.8 Å². The predicted octanol–water partition coefficient (Wildman–Crippen LogP) is 0.695. The van der Waals surface area contributed by atoms with E-state index >= 15 is 0 Å². The van der Waals surface area contributed by atoms with Gasteiger partial charge in [-0.1, -0.05) is 0 Å². The number of carbonyl (C=O) groups is 1. The summed E-state index contributed by atoms with van der Waals surface area (Å²) in [4.78, 5) is 15.8. The van der Waals surface area contributed by atoms with Crippen LogP contribution in [0.2, 0.25) is 0 Å². The Bertz CT molecular complexity index is 410. The summed E-state index contributed by atoms with van der Waals surface area (Å²) in [5, 5.41) is 0. The van der Waals surface area contributed by atoms with Crippen LogP contribution in [-0.2, 0) is 0 Å². The molecule has 0 aromatic heterocycles. The summed E-state index contributed by atoms with van der Waals surface area (Å²) in [5.41, 5.74) is 12.2. The Kier molecular flexibility index (Phi) is 3.05. The van der Waals surface area contributed by atoms with Crippen LogP contribution in [0.5, 0.6) is 0 Å².